The second-order valence-electron chi connectivity index (χ2n) is 4.03. The van der Waals surface area contributed by atoms with Gasteiger partial charge in [0.15, 0.2) is 0 Å². The summed E-state index contributed by atoms with van der Waals surface area (Å²) >= 11 is 3.37. The summed E-state index contributed by atoms with van der Waals surface area (Å²) in [5, 5.41) is 13.7. The van der Waals surface area contributed by atoms with Crippen LogP contribution in [-0.2, 0) is 0 Å². The number of nitro groups is 1. The molecule has 0 spiro atoms. The molecule has 0 aliphatic rings. The third-order valence-electron chi connectivity index (χ3n) is 2.59. The maximum Gasteiger partial charge on any atom is 0.269 e. The molecule has 0 aliphatic carbocycles. The molecule has 0 aromatic heterocycles. The maximum absolute atomic E-state index is 10.5. The van der Waals surface area contributed by atoms with Crippen molar-refractivity contribution >= 4 is 27.3 Å². The average Bonchev–Trinajstić information content (AvgIpc) is 2.46. The van der Waals surface area contributed by atoms with Crippen LogP contribution in [0.1, 0.15) is 0 Å². The third kappa shape index (κ3) is 4.24. The monoisotopic (exact) mass is 336 g/mol. The highest BCUT2D eigenvalue weighted by atomic mass is 79.9. The first-order valence-electron chi connectivity index (χ1n) is 6.02. The van der Waals surface area contributed by atoms with E-state index in [4.69, 9.17) is 4.74 Å². The number of halogens is 1. The summed E-state index contributed by atoms with van der Waals surface area (Å²) in [6.07, 6.45) is 0. The standard InChI is InChI=1S/C14H13BrN2O3/c15-11-1-3-12(4-2-11)16-9-10-20-14-7-5-13(6-8-14)17(18)19/h1-8,16H,9-10H2. The van der Waals surface area contributed by atoms with E-state index in [-0.39, 0.29) is 5.69 Å². The van der Waals surface area contributed by atoms with Gasteiger partial charge in [-0.05, 0) is 36.4 Å². The molecule has 0 fully saturated rings. The fraction of sp³-hybridized carbons (Fsp3) is 0.143. The molecule has 0 saturated heterocycles. The van der Waals surface area contributed by atoms with E-state index in [1.165, 1.54) is 12.1 Å². The second-order valence-corrected chi connectivity index (χ2v) is 4.95. The first-order valence-corrected chi connectivity index (χ1v) is 6.81. The van der Waals surface area contributed by atoms with Gasteiger partial charge in [0.1, 0.15) is 12.4 Å². The van der Waals surface area contributed by atoms with Crippen molar-refractivity contribution in [1.82, 2.24) is 0 Å². The van der Waals surface area contributed by atoms with Crippen molar-refractivity contribution in [1.29, 1.82) is 0 Å². The molecule has 0 heterocycles. The highest BCUT2D eigenvalue weighted by Gasteiger charge is 2.03. The first-order chi connectivity index (χ1) is 9.65. The zero-order valence-electron chi connectivity index (χ0n) is 10.6. The van der Waals surface area contributed by atoms with Crippen molar-refractivity contribution in [2.24, 2.45) is 0 Å². The number of rotatable bonds is 6. The average molecular weight is 337 g/mol. The Morgan fingerprint density at radius 2 is 1.75 bits per heavy atom. The zero-order chi connectivity index (χ0) is 14.4. The van der Waals surface area contributed by atoms with Gasteiger partial charge in [0.2, 0.25) is 0 Å². The van der Waals surface area contributed by atoms with Crippen molar-refractivity contribution < 1.29 is 9.66 Å². The van der Waals surface area contributed by atoms with Crippen molar-refractivity contribution in [2.45, 2.75) is 0 Å². The second kappa shape index (κ2) is 6.91. The van der Waals surface area contributed by atoms with E-state index < -0.39 is 4.92 Å². The highest BCUT2D eigenvalue weighted by molar-refractivity contribution is 9.10. The van der Waals surface area contributed by atoms with Crippen LogP contribution < -0.4 is 10.1 Å². The van der Waals surface area contributed by atoms with Gasteiger partial charge in [0.25, 0.3) is 5.69 Å². The molecule has 5 nitrogen and oxygen atoms in total. The molecular weight excluding hydrogens is 324 g/mol. The minimum atomic E-state index is -0.432. The zero-order valence-corrected chi connectivity index (χ0v) is 12.2. The normalized spacial score (nSPS) is 10.1. The van der Waals surface area contributed by atoms with E-state index in [1.54, 1.807) is 12.1 Å². The molecule has 1 N–H and O–H groups in total. The van der Waals surface area contributed by atoms with E-state index in [1.807, 2.05) is 24.3 Å². The summed E-state index contributed by atoms with van der Waals surface area (Å²) in [5.74, 6) is 0.619. The molecule has 0 bridgehead atoms. The van der Waals surface area contributed by atoms with Crippen molar-refractivity contribution in [3.63, 3.8) is 0 Å². The summed E-state index contributed by atoms with van der Waals surface area (Å²) in [6.45, 7) is 1.13. The highest BCUT2D eigenvalue weighted by Crippen LogP contribution is 2.17. The molecule has 20 heavy (non-hydrogen) atoms. The summed E-state index contributed by atoms with van der Waals surface area (Å²) < 4.78 is 6.52. The Kier molecular flexibility index (Phi) is 4.95. The lowest BCUT2D eigenvalue weighted by Crippen LogP contribution is -2.11. The Labute approximate surface area is 124 Å². The summed E-state index contributed by atoms with van der Waals surface area (Å²) in [7, 11) is 0. The molecule has 0 saturated carbocycles. The summed E-state index contributed by atoms with van der Waals surface area (Å²) in [6, 6.07) is 13.9. The van der Waals surface area contributed by atoms with Crippen LogP contribution in [0.5, 0.6) is 5.75 Å². The van der Waals surface area contributed by atoms with Crippen molar-refractivity contribution in [3.8, 4) is 5.75 Å². The first kappa shape index (κ1) is 14.3. The molecule has 2 aromatic carbocycles. The molecule has 0 aliphatic heterocycles. The summed E-state index contributed by atoms with van der Waals surface area (Å²) in [5.41, 5.74) is 1.07. The van der Waals surface area contributed by atoms with Gasteiger partial charge in [-0.3, -0.25) is 10.1 Å². The number of nitrogens with zero attached hydrogens (tertiary/aromatic N) is 1. The van der Waals surface area contributed by atoms with Crippen LogP contribution in [0.2, 0.25) is 0 Å². The molecule has 6 heteroatoms. The van der Waals surface area contributed by atoms with E-state index in [0.29, 0.717) is 18.9 Å². The molecule has 2 aromatic rings. The van der Waals surface area contributed by atoms with Gasteiger partial charge in [-0.25, -0.2) is 0 Å². The maximum atomic E-state index is 10.5. The van der Waals surface area contributed by atoms with Gasteiger partial charge >= 0.3 is 0 Å². The lowest BCUT2D eigenvalue weighted by Gasteiger charge is -2.08. The van der Waals surface area contributed by atoms with Crippen LogP contribution in [0.4, 0.5) is 11.4 Å². The Bertz CT molecular complexity index is 570. The lowest BCUT2D eigenvalue weighted by atomic mass is 10.3. The molecular formula is C14H13BrN2O3. The molecule has 0 unspecified atom stereocenters. The number of ether oxygens (including phenoxy) is 1. The van der Waals surface area contributed by atoms with Crippen LogP contribution in [0.15, 0.2) is 53.0 Å². The van der Waals surface area contributed by atoms with Crippen LogP contribution in [0.25, 0.3) is 0 Å². The van der Waals surface area contributed by atoms with Crippen LogP contribution in [0, 0.1) is 10.1 Å². The molecule has 0 atom stereocenters. The van der Waals surface area contributed by atoms with Gasteiger partial charge in [-0.2, -0.15) is 0 Å². The largest absolute Gasteiger partial charge is 0.492 e. The third-order valence-corrected chi connectivity index (χ3v) is 3.12. The van der Waals surface area contributed by atoms with E-state index in [2.05, 4.69) is 21.2 Å². The molecule has 2 rings (SSSR count). The van der Waals surface area contributed by atoms with Gasteiger partial charge in [0, 0.05) is 28.8 Å². The number of nitrogens with one attached hydrogen (secondary N) is 1. The number of nitro benzene ring substituents is 1. The van der Waals surface area contributed by atoms with E-state index >= 15 is 0 Å². The van der Waals surface area contributed by atoms with Gasteiger partial charge in [-0.15, -0.1) is 0 Å². The molecule has 104 valence electrons. The molecule has 0 radical (unpaired) electrons. The van der Waals surface area contributed by atoms with E-state index in [9.17, 15) is 10.1 Å². The fourth-order valence-corrected chi connectivity index (χ4v) is 1.86. The minimum Gasteiger partial charge on any atom is -0.492 e. The summed E-state index contributed by atoms with van der Waals surface area (Å²) in [4.78, 5) is 10.1. The van der Waals surface area contributed by atoms with Gasteiger partial charge < -0.3 is 10.1 Å². The fourth-order valence-electron chi connectivity index (χ4n) is 1.60. The van der Waals surface area contributed by atoms with Crippen molar-refractivity contribution in [3.05, 3.63) is 63.1 Å². The smallest absolute Gasteiger partial charge is 0.269 e. The number of anilines is 1. The number of non-ortho nitro benzene ring substituents is 1. The minimum absolute atomic E-state index is 0.0605. The Morgan fingerprint density at radius 3 is 2.35 bits per heavy atom. The van der Waals surface area contributed by atoms with Crippen molar-refractivity contribution in [2.75, 3.05) is 18.5 Å². The van der Waals surface area contributed by atoms with Gasteiger partial charge in [0.05, 0.1) is 4.92 Å². The van der Waals surface area contributed by atoms with Crippen LogP contribution in [-0.4, -0.2) is 18.1 Å². The predicted octanol–water partition coefficient (Wildman–Crippen LogP) is 3.85. The van der Waals surface area contributed by atoms with Crippen LogP contribution in [0.3, 0.4) is 0 Å². The predicted molar refractivity (Wildman–Crippen MR) is 81.2 cm³/mol. The Morgan fingerprint density at radius 1 is 1.10 bits per heavy atom. The SMILES string of the molecule is O=[N+]([O-])c1ccc(OCCNc2ccc(Br)cc2)cc1. The van der Waals surface area contributed by atoms with Gasteiger partial charge in [-0.1, -0.05) is 15.9 Å². The lowest BCUT2D eigenvalue weighted by molar-refractivity contribution is -0.384. The quantitative estimate of drug-likeness (QED) is 0.494. The topological polar surface area (TPSA) is 64.4 Å². The van der Waals surface area contributed by atoms with E-state index in [0.717, 1.165) is 10.2 Å². The van der Waals surface area contributed by atoms with Crippen LogP contribution >= 0.6 is 15.9 Å². The molecule has 0 amide bonds. The number of benzene rings is 2. The number of hydrogen-bond acceptors (Lipinski definition) is 4. The Balaban J connectivity index is 1.75. The number of hydrogen-bond donors (Lipinski definition) is 1. The Hall–Kier alpha value is -2.08.